The highest BCUT2D eigenvalue weighted by Crippen LogP contribution is 2.18. The lowest BCUT2D eigenvalue weighted by molar-refractivity contribution is 0.0506. The number of halogens is 1. The quantitative estimate of drug-likeness (QED) is 0.620. The Morgan fingerprint density at radius 1 is 1.57 bits per heavy atom. The number of nitrogen functional groups attached to an aromatic ring is 1. The maximum Gasteiger partial charge on any atom is 0.340 e. The fraction of sp³-hybridized carbons (Fsp3) is 0.300. The molecule has 0 radical (unpaired) electrons. The molecule has 0 atom stereocenters. The molecule has 0 amide bonds. The number of hydrogen-bond donors (Lipinski definition) is 1. The van der Waals surface area contributed by atoms with Gasteiger partial charge in [-0.3, -0.25) is 0 Å². The van der Waals surface area contributed by atoms with Gasteiger partial charge in [-0.15, -0.1) is 0 Å². The lowest BCUT2D eigenvalue weighted by Gasteiger charge is -2.05. The third-order valence-electron chi connectivity index (χ3n) is 1.67. The molecule has 0 fully saturated rings. The summed E-state index contributed by atoms with van der Waals surface area (Å²) in [4.78, 5) is 11.4. The fourth-order valence-electron chi connectivity index (χ4n) is 0.978. The first-order chi connectivity index (χ1) is 6.65. The maximum absolute atomic E-state index is 11.4. The van der Waals surface area contributed by atoms with E-state index in [9.17, 15) is 4.79 Å². The van der Waals surface area contributed by atoms with E-state index < -0.39 is 5.97 Å². The van der Waals surface area contributed by atoms with Gasteiger partial charge in [0.25, 0.3) is 0 Å². The lowest BCUT2D eigenvalue weighted by Crippen LogP contribution is -2.08. The molecule has 76 valence electrons. The Labute approximate surface area is 87.8 Å². The van der Waals surface area contributed by atoms with E-state index in [1.54, 1.807) is 12.1 Å². The Kier molecular flexibility index (Phi) is 3.77. The molecule has 4 heteroatoms. The van der Waals surface area contributed by atoms with Crippen LogP contribution in [0.5, 0.6) is 0 Å². The average molecular weight is 214 g/mol. The van der Waals surface area contributed by atoms with E-state index in [-0.39, 0.29) is 0 Å². The number of esters is 1. The standard InChI is InChI=1S/C10H12ClNO2/c1-2-5-14-10(13)8-6-7(11)3-4-9(8)12/h3-4,6H,2,5,12H2,1H3. The number of anilines is 1. The Balaban J connectivity index is 2.83. The zero-order valence-corrected chi connectivity index (χ0v) is 8.67. The second-order valence-corrected chi connectivity index (χ2v) is 3.30. The molecule has 0 aliphatic rings. The fourth-order valence-corrected chi connectivity index (χ4v) is 1.15. The Hall–Kier alpha value is -1.22. The van der Waals surface area contributed by atoms with Crippen LogP contribution in [0.25, 0.3) is 0 Å². The molecule has 0 saturated carbocycles. The molecule has 0 heterocycles. The molecule has 1 aromatic rings. The summed E-state index contributed by atoms with van der Waals surface area (Å²) in [6.45, 7) is 2.32. The molecule has 0 saturated heterocycles. The van der Waals surface area contributed by atoms with Gasteiger partial charge in [0.05, 0.1) is 12.2 Å². The van der Waals surface area contributed by atoms with Crippen molar-refractivity contribution in [2.75, 3.05) is 12.3 Å². The molecule has 3 nitrogen and oxygen atoms in total. The summed E-state index contributed by atoms with van der Waals surface area (Å²) in [7, 11) is 0. The van der Waals surface area contributed by atoms with Gasteiger partial charge in [-0.2, -0.15) is 0 Å². The highest BCUT2D eigenvalue weighted by atomic mass is 35.5. The van der Waals surface area contributed by atoms with Crippen LogP contribution in [-0.4, -0.2) is 12.6 Å². The number of benzene rings is 1. The van der Waals surface area contributed by atoms with Crippen molar-refractivity contribution in [3.05, 3.63) is 28.8 Å². The van der Waals surface area contributed by atoms with Crippen molar-refractivity contribution in [3.63, 3.8) is 0 Å². The van der Waals surface area contributed by atoms with Gasteiger partial charge < -0.3 is 10.5 Å². The van der Waals surface area contributed by atoms with E-state index in [1.807, 2.05) is 6.92 Å². The predicted molar refractivity (Wildman–Crippen MR) is 56.4 cm³/mol. The lowest BCUT2D eigenvalue weighted by atomic mass is 10.2. The number of ether oxygens (including phenoxy) is 1. The summed E-state index contributed by atoms with van der Waals surface area (Å²) in [6, 6.07) is 4.73. The molecular formula is C10H12ClNO2. The first-order valence-corrected chi connectivity index (χ1v) is 4.75. The van der Waals surface area contributed by atoms with E-state index in [0.717, 1.165) is 6.42 Å². The minimum absolute atomic E-state index is 0.325. The van der Waals surface area contributed by atoms with E-state index in [4.69, 9.17) is 22.1 Å². The Morgan fingerprint density at radius 2 is 2.29 bits per heavy atom. The summed E-state index contributed by atoms with van der Waals surface area (Å²) in [5.74, 6) is -0.424. The summed E-state index contributed by atoms with van der Waals surface area (Å²) < 4.78 is 4.94. The summed E-state index contributed by atoms with van der Waals surface area (Å²) in [5.41, 5.74) is 6.31. The highest BCUT2D eigenvalue weighted by molar-refractivity contribution is 6.31. The zero-order chi connectivity index (χ0) is 10.6. The molecule has 2 N–H and O–H groups in total. The largest absolute Gasteiger partial charge is 0.462 e. The number of nitrogens with two attached hydrogens (primary N) is 1. The van der Waals surface area contributed by atoms with Crippen LogP contribution in [0.1, 0.15) is 23.7 Å². The highest BCUT2D eigenvalue weighted by Gasteiger charge is 2.10. The molecular weight excluding hydrogens is 202 g/mol. The van der Waals surface area contributed by atoms with Gasteiger partial charge >= 0.3 is 5.97 Å². The van der Waals surface area contributed by atoms with Gasteiger partial charge in [0, 0.05) is 10.7 Å². The van der Waals surface area contributed by atoms with Crippen molar-refractivity contribution in [2.24, 2.45) is 0 Å². The van der Waals surface area contributed by atoms with Crippen LogP contribution in [0.4, 0.5) is 5.69 Å². The van der Waals surface area contributed by atoms with Crippen LogP contribution in [0.3, 0.4) is 0 Å². The summed E-state index contributed by atoms with van der Waals surface area (Å²) >= 11 is 5.73. The molecule has 0 aliphatic carbocycles. The van der Waals surface area contributed by atoms with Gasteiger partial charge in [0.15, 0.2) is 0 Å². The molecule has 1 aromatic carbocycles. The van der Waals surface area contributed by atoms with Crippen LogP contribution in [0, 0.1) is 0 Å². The summed E-state index contributed by atoms with van der Waals surface area (Å²) in [6.07, 6.45) is 0.784. The van der Waals surface area contributed by atoms with Gasteiger partial charge in [-0.05, 0) is 24.6 Å². The Bertz CT molecular complexity index is 339. The van der Waals surface area contributed by atoms with E-state index in [2.05, 4.69) is 0 Å². The number of carbonyl (C=O) groups is 1. The van der Waals surface area contributed by atoms with Crippen molar-refractivity contribution >= 4 is 23.3 Å². The van der Waals surface area contributed by atoms with Crippen molar-refractivity contribution in [3.8, 4) is 0 Å². The second-order valence-electron chi connectivity index (χ2n) is 2.87. The van der Waals surface area contributed by atoms with E-state index >= 15 is 0 Å². The summed E-state index contributed by atoms with van der Waals surface area (Å²) in [5, 5.41) is 0.475. The molecule has 0 unspecified atom stereocenters. The predicted octanol–water partition coefficient (Wildman–Crippen LogP) is 2.49. The van der Waals surface area contributed by atoms with Crippen LogP contribution in [0.2, 0.25) is 5.02 Å². The van der Waals surface area contributed by atoms with Crippen molar-refractivity contribution < 1.29 is 9.53 Å². The van der Waals surface area contributed by atoms with Gasteiger partial charge in [0.2, 0.25) is 0 Å². The van der Waals surface area contributed by atoms with Crippen molar-refractivity contribution in [1.82, 2.24) is 0 Å². The third kappa shape index (κ3) is 2.64. The minimum Gasteiger partial charge on any atom is -0.462 e. The molecule has 14 heavy (non-hydrogen) atoms. The second kappa shape index (κ2) is 4.86. The van der Waals surface area contributed by atoms with Gasteiger partial charge in [0.1, 0.15) is 0 Å². The molecule has 0 spiro atoms. The topological polar surface area (TPSA) is 52.3 Å². The minimum atomic E-state index is -0.424. The SMILES string of the molecule is CCCOC(=O)c1cc(Cl)ccc1N. The molecule has 0 aliphatic heterocycles. The maximum atomic E-state index is 11.4. The molecule has 0 aromatic heterocycles. The number of carbonyl (C=O) groups excluding carboxylic acids is 1. The van der Waals surface area contributed by atoms with Crippen LogP contribution in [0.15, 0.2) is 18.2 Å². The smallest absolute Gasteiger partial charge is 0.340 e. The molecule has 0 bridgehead atoms. The van der Waals surface area contributed by atoms with Gasteiger partial charge in [-0.25, -0.2) is 4.79 Å². The monoisotopic (exact) mass is 213 g/mol. The Morgan fingerprint density at radius 3 is 2.93 bits per heavy atom. The number of rotatable bonds is 3. The van der Waals surface area contributed by atoms with Gasteiger partial charge in [-0.1, -0.05) is 18.5 Å². The van der Waals surface area contributed by atoms with E-state index in [1.165, 1.54) is 6.07 Å². The normalized spacial score (nSPS) is 9.86. The zero-order valence-electron chi connectivity index (χ0n) is 7.92. The van der Waals surface area contributed by atoms with Crippen LogP contribution >= 0.6 is 11.6 Å². The van der Waals surface area contributed by atoms with Crippen molar-refractivity contribution in [2.45, 2.75) is 13.3 Å². The third-order valence-corrected chi connectivity index (χ3v) is 1.91. The van der Waals surface area contributed by atoms with Crippen LogP contribution in [-0.2, 0) is 4.74 Å². The first-order valence-electron chi connectivity index (χ1n) is 4.37. The average Bonchev–Trinajstić information content (AvgIpc) is 2.18. The van der Waals surface area contributed by atoms with E-state index in [0.29, 0.717) is 22.9 Å². The molecule has 1 rings (SSSR count). The van der Waals surface area contributed by atoms with Crippen molar-refractivity contribution in [1.29, 1.82) is 0 Å². The van der Waals surface area contributed by atoms with Crippen LogP contribution < -0.4 is 5.73 Å². The first kappa shape index (κ1) is 10.9. The number of hydrogen-bond acceptors (Lipinski definition) is 3.